The quantitative estimate of drug-likeness (QED) is 0.740. The minimum atomic E-state index is 0.316. The number of hydrogen-bond acceptors (Lipinski definition) is 4. The van der Waals surface area contributed by atoms with Gasteiger partial charge in [0.25, 0.3) is 0 Å². The van der Waals surface area contributed by atoms with Crippen LogP contribution in [0, 0.1) is 11.3 Å². The summed E-state index contributed by atoms with van der Waals surface area (Å²) in [6.45, 7) is 2.91. The first-order valence-electron chi connectivity index (χ1n) is 7.79. The number of hydrogen-bond donors (Lipinski definition) is 0. The van der Waals surface area contributed by atoms with Crippen molar-refractivity contribution in [2.75, 3.05) is 13.6 Å². The number of nitriles is 1. The third-order valence-electron chi connectivity index (χ3n) is 4.48. The van der Waals surface area contributed by atoms with Gasteiger partial charge in [0.15, 0.2) is 0 Å². The molecule has 3 heterocycles. The molecule has 0 radical (unpaired) electrons. The van der Waals surface area contributed by atoms with Gasteiger partial charge < -0.3 is 9.47 Å². The van der Waals surface area contributed by atoms with E-state index in [1.165, 1.54) is 11.3 Å². The number of likely N-dealkylation sites (N-methyl/N-ethyl adjacent to an activating group) is 1. The number of benzene rings is 1. The molecule has 0 bridgehead atoms. The van der Waals surface area contributed by atoms with Crippen LogP contribution in [0.2, 0.25) is 0 Å². The van der Waals surface area contributed by atoms with Crippen molar-refractivity contribution in [1.82, 2.24) is 24.2 Å². The van der Waals surface area contributed by atoms with Crippen LogP contribution < -0.4 is 0 Å². The van der Waals surface area contributed by atoms with E-state index in [9.17, 15) is 0 Å². The second-order valence-corrected chi connectivity index (χ2v) is 6.04. The van der Waals surface area contributed by atoms with E-state index >= 15 is 0 Å². The van der Waals surface area contributed by atoms with E-state index in [2.05, 4.69) is 33.6 Å². The van der Waals surface area contributed by atoms with Gasteiger partial charge in [-0.05, 0) is 19.2 Å². The van der Waals surface area contributed by atoms with Gasteiger partial charge >= 0.3 is 0 Å². The van der Waals surface area contributed by atoms with Gasteiger partial charge in [0.1, 0.15) is 6.54 Å². The molecule has 0 unspecified atom stereocenters. The summed E-state index contributed by atoms with van der Waals surface area (Å²) in [6, 6.07) is 10.3. The molecule has 0 atom stereocenters. The predicted molar refractivity (Wildman–Crippen MR) is 86.7 cm³/mol. The Morgan fingerprint density at radius 2 is 2.17 bits per heavy atom. The van der Waals surface area contributed by atoms with E-state index in [0.717, 1.165) is 36.2 Å². The average Bonchev–Trinajstić information content (AvgIpc) is 3.11. The molecular weight excluding hydrogens is 288 g/mol. The molecule has 1 aromatic carbocycles. The van der Waals surface area contributed by atoms with E-state index < -0.39 is 0 Å². The van der Waals surface area contributed by atoms with Crippen molar-refractivity contribution < 1.29 is 0 Å². The zero-order valence-corrected chi connectivity index (χ0v) is 13.1. The molecule has 0 fully saturated rings. The van der Waals surface area contributed by atoms with Crippen molar-refractivity contribution in [2.45, 2.75) is 26.1 Å². The lowest BCUT2D eigenvalue weighted by molar-refractivity contribution is 0.307. The molecule has 4 rings (SSSR count). The average molecular weight is 306 g/mol. The van der Waals surface area contributed by atoms with Gasteiger partial charge in [-0.3, -0.25) is 4.68 Å². The Kier molecular flexibility index (Phi) is 3.36. The molecule has 23 heavy (non-hydrogen) atoms. The van der Waals surface area contributed by atoms with Crippen LogP contribution in [0.1, 0.15) is 17.0 Å². The zero-order chi connectivity index (χ0) is 15.8. The van der Waals surface area contributed by atoms with E-state index in [4.69, 9.17) is 10.4 Å². The highest BCUT2D eigenvalue weighted by atomic mass is 15.3. The molecule has 116 valence electrons. The first-order chi connectivity index (χ1) is 11.3. The lowest BCUT2D eigenvalue weighted by atomic mass is 10.1. The molecule has 0 amide bonds. The summed E-state index contributed by atoms with van der Waals surface area (Å²) in [5.74, 6) is 0. The third-order valence-corrected chi connectivity index (χ3v) is 4.48. The fourth-order valence-corrected chi connectivity index (χ4v) is 3.32. The van der Waals surface area contributed by atoms with Crippen LogP contribution in [0.15, 0.2) is 30.6 Å². The normalized spacial score (nSPS) is 14.8. The summed E-state index contributed by atoms with van der Waals surface area (Å²) < 4.78 is 4.00. The van der Waals surface area contributed by atoms with Crippen LogP contribution >= 0.6 is 0 Å². The maximum atomic E-state index is 9.04. The Morgan fingerprint density at radius 1 is 1.30 bits per heavy atom. The molecule has 0 N–H and O–H groups in total. The molecular formula is C17H18N6. The van der Waals surface area contributed by atoms with Gasteiger partial charge in [-0.25, -0.2) is 4.98 Å². The molecule has 6 nitrogen and oxygen atoms in total. The zero-order valence-electron chi connectivity index (χ0n) is 13.1. The van der Waals surface area contributed by atoms with E-state index in [1.807, 2.05) is 29.2 Å². The van der Waals surface area contributed by atoms with Crippen molar-refractivity contribution >= 4 is 11.0 Å². The molecule has 1 aliphatic heterocycles. The largest absolute Gasteiger partial charge is 0.324 e. The van der Waals surface area contributed by atoms with Crippen molar-refractivity contribution in [2.24, 2.45) is 0 Å². The van der Waals surface area contributed by atoms with E-state index in [-0.39, 0.29) is 0 Å². The van der Waals surface area contributed by atoms with Gasteiger partial charge in [0.2, 0.25) is 0 Å². The van der Waals surface area contributed by atoms with Crippen LogP contribution in [0.3, 0.4) is 0 Å². The monoisotopic (exact) mass is 306 g/mol. The molecule has 0 aliphatic carbocycles. The van der Waals surface area contributed by atoms with E-state index in [1.54, 1.807) is 0 Å². The van der Waals surface area contributed by atoms with Crippen molar-refractivity contribution in [3.05, 3.63) is 47.5 Å². The van der Waals surface area contributed by atoms with Crippen LogP contribution in [-0.4, -0.2) is 37.8 Å². The summed E-state index contributed by atoms with van der Waals surface area (Å²) in [5.41, 5.74) is 5.64. The first-order valence-corrected chi connectivity index (χ1v) is 7.79. The third kappa shape index (κ3) is 2.39. The Balaban J connectivity index is 1.75. The van der Waals surface area contributed by atoms with Gasteiger partial charge in [-0.15, -0.1) is 0 Å². The Hall–Kier alpha value is -2.65. The second-order valence-electron chi connectivity index (χ2n) is 6.04. The lowest BCUT2D eigenvalue weighted by Gasteiger charge is -2.23. The summed E-state index contributed by atoms with van der Waals surface area (Å²) in [5, 5.41) is 13.8. The summed E-state index contributed by atoms with van der Waals surface area (Å²) in [7, 11) is 2.13. The standard InChI is InChI=1S/C17H18N6/c1-21-8-6-16-13(10-21)15(20-23(16)9-7-18)11-22-12-19-14-4-2-3-5-17(14)22/h2-5,12H,6,8-11H2,1H3. The minimum absolute atomic E-state index is 0.316. The van der Waals surface area contributed by atoms with Crippen LogP contribution in [0.4, 0.5) is 0 Å². The number of imidazole rings is 1. The lowest BCUT2D eigenvalue weighted by Crippen LogP contribution is -2.27. The minimum Gasteiger partial charge on any atom is -0.324 e. The highest BCUT2D eigenvalue weighted by Gasteiger charge is 2.23. The van der Waals surface area contributed by atoms with Crippen molar-refractivity contribution in [3.63, 3.8) is 0 Å². The molecule has 0 saturated carbocycles. The fourth-order valence-electron chi connectivity index (χ4n) is 3.32. The molecule has 0 saturated heterocycles. The van der Waals surface area contributed by atoms with Crippen LogP contribution in [0.5, 0.6) is 0 Å². The molecule has 2 aromatic heterocycles. The highest BCUT2D eigenvalue weighted by molar-refractivity contribution is 5.75. The maximum Gasteiger partial charge on any atom is 0.128 e. The number of para-hydroxylation sites is 2. The Labute approximate surface area is 134 Å². The summed E-state index contributed by atoms with van der Waals surface area (Å²) in [4.78, 5) is 6.75. The number of nitrogens with zero attached hydrogens (tertiary/aromatic N) is 6. The van der Waals surface area contributed by atoms with Gasteiger partial charge in [-0.1, -0.05) is 12.1 Å². The fraction of sp³-hybridized carbons (Fsp3) is 0.353. The molecule has 1 aliphatic rings. The van der Waals surface area contributed by atoms with Gasteiger partial charge in [-0.2, -0.15) is 10.4 Å². The summed E-state index contributed by atoms with van der Waals surface area (Å²) >= 11 is 0. The summed E-state index contributed by atoms with van der Waals surface area (Å²) in [6.07, 6.45) is 2.82. The molecule has 0 spiro atoms. The van der Waals surface area contributed by atoms with E-state index in [0.29, 0.717) is 13.1 Å². The SMILES string of the molecule is CN1CCc2c(c(Cn3cnc4ccccc43)nn2CC#N)C1. The number of fused-ring (bicyclic) bond motifs is 2. The number of rotatable bonds is 3. The van der Waals surface area contributed by atoms with Gasteiger partial charge in [0, 0.05) is 30.8 Å². The van der Waals surface area contributed by atoms with Gasteiger partial charge in [0.05, 0.1) is 35.7 Å². The number of aromatic nitrogens is 4. The van der Waals surface area contributed by atoms with Crippen LogP contribution in [0.25, 0.3) is 11.0 Å². The van der Waals surface area contributed by atoms with Crippen molar-refractivity contribution in [1.29, 1.82) is 5.26 Å². The smallest absolute Gasteiger partial charge is 0.128 e. The molecule has 3 aromatic rings. The predicted octanol–water partition coefficient (Wildman–Crippen LogP) is 1.79. The second kappa shape index (κ2) is 5.52. The topological polar surface area (TPSA) is 62.7 Å². The Morgan fingerprint density at radius 3 is 3.04 bits per heavy atom. The Bertz CT molecular complexity index is 898. The van der Waals surface area contributed by atoms with Crippen LogP contribution in [-0.2, 0) is 26.1 Å². The first kappa shape index (κ1) is 14.0. The molecule has 6 heteroatoms. The van der Waals surface area contributed by atoms with Crippen molar-refractivity contribution in [3.8, 4) is 6.07 Å². The maximum absolute atomic E-state index is 9.04. The highest BCUT2D eigenvalue weighted by Crippen LogP contribution is 2.23.